The highest BCUT2D eigenvalue weighted by molar-refractivity contribution is 9.10. The van der Waals surface area contributed by atoms with Gasteiger partial charge in [0.1, 0.15) is 12.4 Å². The zero-order valence-corrected chi connectivity index (χ0v) is 25.3. The maximum atomic E-state index is 14.1. The Morgan fingerprint density at radius 3 is 2.50 bits per heavy atom. The minimum absolute atomic E-state index is 0.0345. The number of thiocarbonyl (C=S) groups is 1. The number of hydrazine groups is 1. The maximum absolute atomic E-state index is 14.1. The predicted octanol–water partition coefficient (Wildman–Crippen LogP) is 7.01. The molecule has 1 saturated heterocycles. The Kier molecular flexibility index (Phi) is 7.69. The Balaban J connectivity index is 1.18. The van der Waals surface area contributed by atoms with E-state index in [9.17, 15) is 14.0 Å². The van der Waals surface area contributed by atoms with Crippen LogP contribution < -0.4 is 14.9 Å². The first-order valence-corrected chi connectivity index (χ1v) is 15.7. The lowest BCUT2D eigenvalue weighted by atomic mass is 9.49. The summed E-state index contributed by atoms with van der Waals surface area (Å²) in [4.78, 5) is 27.3. The summed E-state index contributed by atoms with van der Waals surface area (Å²) in [7, 11) is 0. The first-order chi connectivity index (χ1) is 19.2. The molecule has 4 aliphatic carbocycles. The molecule has 2 aromatic rings. The van der Waals surface area contributed by atoms with Crippen LogP contribution in [0.2, 0.25) is 0 Å². The number of nitrogens with one attached hydrogen (secondary N) is 1. The third kappa shape index (κ3) is 5.30. The molecule has 4 bridgehead atoms. The van der Waals surface area contributed by atoms with Crippen LogP contribution in [0.4, 0.5) is 4.39 Å². The summed E-state index contributed by atoms with van der Waals surface area (Å²) in [6.07, 6.45) is 8.18. The first-order valence-electron chi connectivity index (χ1n) is 13.7. The van der Waals surface area contributed by atoms with Crippen LogP contribution in [-0.2, 0) is 16.2 Å². The monoisotopic (exact) mass is 644 g/mol. The van der Waals surface area contributed by atoms with E-state index < -0.39 is 0 Å². The molecule has 10 heteroatoms. The Hall–Kier alpha value is -2.43. The van der Waals surface area contributed by atoms with E-state index in [1.807, 2.05) is 6.92 Å². The Bertz CT molecular complexity index is 1380. The van der Waals surface area contributed by atoms with Gasteiger partial charge in [-0.25, -0.2) is 4.39 Å². The number of carbonyl (C=O) groups excluding carboxylic acids is 2. The molecule has 1 heterocycles. The number of nitrogens with zero attached hydrogens (tertiary/aromatic N) is 1. The van der Waals surface area contributed by atoms with Crippen molar-refractivity contribution in [3.8, 4) is 11.5 Å². The van der Waals surface area contributed by atoms with Gasteiger partial charge in [0.15, 0.2) is 15.8 Å². The fourth-order valence-corrected chi connectivity index (χ4v) is 8.92. The van der Waals surface area contributed by atoms with Crippen molar-refractivity contribution in [1.29, 1.82) is 0 Å². The number of amides is 2. The number of hydrogen-bond acceptors (Lipinski definition) is 6. The smallest absolute Gasteiger partial charge is 0.285 e. The molecule has 0 atom stereocenters. The summed E-state index contributed by atoms with van der Waals surface area (Å²) in [6, 6.07) is 10.0. The van der Waals surface area contributed by atoms with Crippen molar-refractivity contribution in [3.63, 3.8) is 0 Å². The van der Waals surface area contributed by atoms with Crippen LogP contribution in [-0.4, -0.2) is 27.8 Å². The fourth-order valence-electron chi connectivity index (χ4n) is 7.16. The maximum Gasteiger partial charge on any atom is 0.285 e. The average Bonchev–Trinajstić information content (AvgIpc) is 3.15. The fraction of sp³-hybridized carbons (Fsp3) is 0.433. The number of thioether (sulfide) groups is 1. The third-order valence-electron chi connectivity index (χ3n) is 8.49. The number of benzene rings is 2. The first kappa shape index (κ1) is 27.7. The second-order valence-electron chi connectivity index (χ2n) is 11.3. The van der Waals surface area contributed by atoms with Crippen molar-refractivity contribution in [2.24, 2.45) is 23.2 Å². The van der Waals surface area contributed by atoms with E-state index in [4.69, 9.17) is 21.7 Å². The van der Waals surface area contributed by atoms with Crippen molar-refractivity contribution in [2.75, 3.05) is 6.61 Å². The van der Waals surface area contributed by atoms with Gasteiger partial charge in [-0.3, -0.25) is 15.0 Å². The molecule has 0 aromatic heterocycles. The summed E-state index contributed by atoms with van der Waals surface area (Å²) in [5.74, 6) is 2.02. The summed E-state index contributed by atoms with van der Waals surface area (Å²) < 4.78 is 26.8. The van der Waals surface area contributed by atoms with E-state index >= 15 is 0 Å². The molecule has 5 aliphatic rings. The topological polar surface area (TPSA) is 67.9 Å². The molecule has 0 radical (unpaired) electrons. The lowest BCUT2D eigenvalue weighted by Crippen LogP contribution is -2.57. The van der Waals surface area contributed by atoms with Gasteiger partial charge in [0.2, 0.25) is 5.91 Å². The molecule has 5 fully saturated rings. The van der Waals surface area contributed by atoms with Gasteiger partial charge in [-0.2, -0.15) is 5.01 Å². The van der Waals surface area contributed by atoms with Crippen LogP contribution in [0.1, 0.15) is 56.6 Å². The second-order valence-corrected chi connectivity index (χ2v) is 13.8. The number of halogens is 2. The third-order valence-corrected chi connectivity index (χ3v) is 10.4. The van der Waals surface area contributed by atoms with E-state index in [1.165, 1.54) is 30.3 Å². The van der Waals surface area contributed by atoms with E-state index in [0.717, 1.165) is 31.0 Å². The van der Waals surface area contributed by atoms with Crippen LogP contribution in [0.3, 0.4) is 0 Å². The lowest BCUT2D eigenvalue weighted by Gasteiger charge is -2.55. The second kappa shape index (κ2) is 11.1. The van der Waals surface area contributed by atoms with Crippen molar-refractivity contribution >= 4 is 62.1 Å². The summed E-state index contributed by atoms with van der Waals surface area (Å²) >= 11 is 10.2. The van der Waals surface area contributed by atoms with Crippen LogP contribution >= 0.6 is 39.9 Å². The molecule has 6 nitrogen and oxygen atoms in total. The van der Waals surface area contributed by atoms with Gasteiger partial charge >= 0.3 is 0 Å². The minimum atomic E-state index is -0.377. The standard InChI is InChI=1S/C30H30BrFN2O4S2/c1-2-37-24-11-17(10-22(31)26(24)38-16-21-5-3-4-6-23(21)32)12-25-27(35)34(29(39)40-25)33-28(36)30-13-18-7-19(14-30)9-20(8-18)15-30/h3-6,10-12,18-20H,2,7-9,13-16H2,1H3,(H,33,36)/b25-12-. The highest BCUT2D eigenvalue weighted by Gasteiger charge is 2.55. The number of hydrogen-bond donors (Lipinski definition) is 1. The van der Waals surface area contributed by atoms with Crippen LogP contribution in [0, 0.1) is 29.0 Å². The molecular weight excluding hydrogens is 615 g/mol. The quantitative estimate of drug-likeness (QED) is 0.246. The molecule has 2 aromatic carbocycles. The van der Waals surface area contributed by atoms with Gasteiger partial charge < -0.3 is 9.47 Å². The number of ether oxygens (including phenoxy) is 2. The van der Waals surface area contributed by atoms with Gasteiger partial charge in [0.25, 0.3) is 5.91 Å². The van der Waals surface area contributed by atoms with Gasteiger partial charge in [0, 0.05) is 5.56 Å². The zero-order chi connectivity index (χ0) is 28.0. The summed E-state index contributed by atoms with van der Waals surface area (Å²) in [5, 5.41) is 1.23. The van der Waals surface area contributed by atoms with Crippen molar-refractivity contribution in [2.45, 2.75) is 52.1 Å². The van der Waals surface area contributed by atoms with Crippen LogP contribution in [0.25, 0.3) is 6.08 Å². The molecule has 210 valence electrons. The zero-order valence-electron chi connectivity index (χ0n) is 22.1. The molecule has 1 N–H and O–H groups in total. The van der Waals surface area contributed by atoms with E-state index in [1.54, 1.807) is 36.4 Å². The highest BCUT2D eigenvalue weighted by atomic mass is 79.9. The summed E-state index contributed by atoms with van der Waals surface area (Å²) in [5.41, 5.74) is 3.65. The molecule has 1 aliphatic heterocycles. The van der Waals surface area contributed by atoms with Crippen LogP contribution in [0.5, 0.6) is 11.5 Å². The largest absolute Gasteiger partial charge is 0.490 e. The summed E-state index contributed by atoms with van der Waals surface area (Å²) in [6.45, 7) is 2.29. The molecular formula is C30H30BrFN2O4S2. The van der Waals surface area contributed by atoms with Crippen molar-refractivity contribution < 1.29 is 23.5 Å². The van der Waals surface area contributed by atoms with E-state index in [2.05, 4.69) is 21.4 Å². The molecule has 40 heavy (non-hydrogen) atoms. The number of rotatable bonds is 8. The van der Waals surface area contributed by atoms with Gasteiger partial charge in [-0.1, -0.05) is 30.0 Å². The predicted molar refractivity (Wildman–Crippen MR) is 160 cm³/mol. The molecule has 2 amide bonds. The normalized spacial score (nSPS) is 27.9. The Morgan fingerprint density at radius 1 is 1.18 bits per heavy atom. The average molecular weight is 646 g/mol. The van der Waals surface area contributed by atoms with E-state index in [-0.39, 0.29) is 29.7 Å². The van der Waals surface area contributed by atoms with E-state index in [0.29, 0.717) is 60.7 Å². The van der Waals surface area contributed by atoms with Crippen molar-refractivity contribution in [1.82, 2.24) is 10.4 Å². The van der Waals surface area contributed by atoms with Crippen LogP contribution in [0.15, 0.2) is 45.8 Å². The Morgan fingerprint density at radius 2 is 1.85 bits per heavy atom. The van der Waals surface area contributed by atoms with Gasteiger partial charge in [0.05, 0.1) is 21.4 Å². The molecule has 7 rings (SSSR count). The molecule has 0 spiro atoms. The van der Waals surface area contributed by atoms with Gasteiger partial charge in [-0.05, 0) is 121 Å². The Labute approximate surface area is 251 Å². The molecule has 0 unspecified atom stereocenters. The highest BCUT2D eigenvalue weighted by Crippen LogP contribution is 2.60. The molecule has 4 saturated carbocycles. The van der Waals surface area contributed by atoms with Gasteiger partial charge in [-0.15, -0.1) is 0 Å². The number of carbonyl (C=O) groups is 2. The minimum Gasteiger partial charge on any atom is -0.490 e. The SMILES string of the molecule is CCOc1cc(/C=C2\SC(=S)N(NC(=O)C34CC5CC(CC(C5)C3)C4)C2=O)cc(Br)c1OCc1ccccc1F. The van der Waals surface area contributed by atoms with Crippen molar-refractivity contribution in [3.05, 3.63) is 62.7 Å². The lowest BCUT2D eigenvalue weighted by molar-refractivity contribution is -0.152.